The van der Waals surface area contributed by atoms with E-state index < -0.39 is 0 Å². The van der Waals surface area contributed by atoms with Gasteiger partial charge < -0.3 is 5.32 Å². The molecule has 0 atom stereocenters. The third-order valence-corrected chi connectivity index (χ3v) is 6.03. The summed E-state index contributed by atoms with van der Waals surface area (Å²) >= 11 is 7.48. The highest BCUT2D eigenvalue weighted by Gasteiger charge is 2.21. The Hall–Kier alpha value is -3.23. The number of hydrogen-bond acceptors (Lipinski definition) is 6. The van der Waals surface area contributed by atoms with E-state index in [1.54, 1.807) is 16.8 Å². The average molecular weight is 479 g/mol. The average Bonchev–Trinajstić information content (AvgIpc) is 3.21. The summed E-state index contributed by atoms with van der Waals surface area (Å²) in [5.41, 5.74) is 5.67. The highest BCUT2D eigenvalue weighted by molar-refractivity contribution is 7.98. The molecule has 4 aromatic rings. The lowest BCUT2D eigenvalue weighted by molar-refractivity contribution is 0.0945. The first-order chi connectivity index (χ1) is 15.9. The van der Waals surface area contributed by atoms with E-state index in [0.717, 1.165) is 22.6 Å². The van der Waals surface area contributed by atoms with Crippen molar-refractivity contribution in [2.45, 2.75) is 38.2 Å². The maximum Gasteiger partial charge on any atom is 0.274 e. The van der Waals surface area contributed by atoms with Crippen LogP contribution in [0, 0.1) is 20.8 Å². The summed E-state index contributed by atoms with van der Waals surface area (Å²) in [7, 11) is 0. The van der Waals surface area contributed by atoms with E-state index in [1.807, 2.05) is 63.2 Å². The van der Waals surface area contributed by atoms with Gasteiger partial charge in [-0.25, -0.2) is 14.6 Å². The van der Waals surface area contributed by atoms with E-state index in [4.69, 9.17) is 11.6 Å². The number of carbonyl (C=O) groups is 1. The standard InChI is InChI=1S/C24H23ClN6OS/c1-15-4-6-18(7-5-15)13-26-23(32)22-21(14-33-24-27-16(2)12-17(3)28-24)31(30-29-22)20-10-8-19(25)9-11-20/h4-12H,13-14H2,1-3H3,(H,26,32). The van der Waals surface area contributed by atoms with Gasteiger partial charge in [0.1, 0.15) is 0 Å². The molecule has 0 spiro atoms. The van der Waals surface area contributed by atoms with Gasteiger partial charge in [0.05, 0.1) is 11.4 Å². The Morgan fingerprint density at radius 1 is 1.00 bits per heavy atom. The lowest BCUT2D eigenvalue weighted by Gasteiger charge is -2.09. The SMILES string of the molecule is Cc1ccc(CNC(=O)c2nnn(-c3ccc(Cl)cc3)c2CSc2nc(C)cc(C)n2)cc1. The maximum atomic E-state index is 13.0. The predicted molar refractivity (Wildman–Crippen MR) is 130 cm³/mol. The first kappa shape index (κ1) is 22.9. The fourth-order valence-electron chi connectivity index (χ4n) is 3.26. The molecule has 1 amide bonds. The number of halogens is 1. The van der Waals surface area contributed by atoms with E-state index in [-0.39, 0.29) is 11.6 Å². The lowest BCUT2D eigenvalue weighted by atomic mass is 10.1. The summed E-state index contributed by atoms with van der Waals surface area (Å²) in [5.74, 6) is 0.138. The zero-order valence-corrected chi connectivity index (χ0v) is 20.1. The highest BCUT2D eigenvalue weighted by Crippen LogP contribution is 2.24. The number of carbonyl (C=O) groups excluding carboxylic acids is 1. The second-order valence-corrected chi connectivity index (χ2v) is 9.04. The molecule has 0 saturated carbocycles. The minimum Gasteiger partial charge on any atom is -0.347 e. The third-order valence-electron chi connectivity index (χ3n) is 4.92. The van der Waals surface area contributed by atoms with Crippen molar-refractivity contribution < 1.29 is 4.79 Å². The molecule has 33 heavy (non-hydrogen) atoms. The summed E-state index contributed by atoms with van der Waals surface area (Å²) in [6, 6.07) is 17.2. The molecule has 2 heterocycles. The minimum absolute atomic E-state index is 0.272. The van der Waals surface area contributed by atoms with Crippen LogP contribution >= 0.6 is 23.4 Å². The minimum atomic E-state index is -0.285. The van der Waals surface area contributed by atoms with Crippen molar-refractivity contribution in [1.29, 1.82) is 0 Å². The number of hydrogen-bond donors (Lipinski definition) is 1. The Kier molecular flexibility index (Phi) is 7.05. The normalized spacial score (nSPS) is 10.9. The van der Waals surface area contributed by atoms with Crippen LogP contribution in [0.5, 0.6) is 0 Å². The molecule has 0 radical (unpaired) electrons. The Morgan fingerprint density at radius 3 is 2.33 bits per heavy atom. The van der Waals surface area contributed by atoms with E-state index in [9.17, 15) is 4.79 Å². The zero-order valence-electron chi connectivity index (χ0n) is 18.5. The summed E-state index contributed by atoms with van der Waals surface area (Å²) in [4.78, 5) is 22.0. The van der Waals surface area contributed by atoms with Crippen LogP contribution in [0.3, 0.4) is 0 Å². The number of rotatable bonds is 7. The second kappa shape index (κ2) is 10.1. The van der Waals surface area contributed by atoms with Gasteiger partial charge in [0.15, 0.2) is 10.9 Å². The Balaban J connectivity index is 1.60. The molecule has 2 aromatic carbocycles. The predicted octanol–water partition coefficient (Wildman–Crippen LogP) is 4.86. The van der Waals surface area contributed by atoms with Crippen molar-refractivity contribution in [3.63, 3.8) is 0 Å². The summed E-state index contributed by atoms with van der Waals surface area (Å²) in [5, 5.41) is 12.7. The molecule has 0 unspecified atom stereocenters. The summed E-state index contributed by atoms with van der Waals surface area (Å²) in [6.45, 7) is 6.30. The molecule has 0 fully saturated rings. The zero-order chi connectivity index (χ0) is 23.4. The highest BCUT2D eigenvalue weighted by atomic mass is 35.5. The summed E-state index contributed by atoms with van der Waals surface area (Å²) in [6.07, 6.45) is 0. The maximum absolute atomic E-state index is 13.0. The van der Waals surface area contributed by atoms with Crippen molar-refractivity contribution >= 4 is 29.3 Å². The van der Waals surface area contributed by atoms with Crippen LogP contribution in [0.25, 0.3) is 5.69 Å². The number of amides is 1. The van der Waals surface area contributed by atoms with Gasteiger partial charge in [0, 0.05) is 28.7 Å². The van der Waals surface area contributed by atoms with Gasteiger partial charge in [-0.05, 0) is 56.7 Å². The van der Waals surface area contributed by atoms with Crippen molar-refractivity contribution in [2.75, 3.05) is 0 Å². The van der Waals surface area contributed by atoms with Gasteiger partial charge in [0.25, 0.3) is 5.91 Å². The fourth-order valence-corrected chi connectivity index (χ4v) is 4.33. The molecule has 4 rings (SSSR count). The Labute approximate surface area is 201 Å². The fraction of sp³-hybridized carbons (Fsp3) is 0.208. The van der Waals surface area contributed by atoms with Crippen LogP contribution in [0.15, 0.2) is 59.8 Å². The molecular formula is C24H23ClN6OS. The van der Waals surface area contributed by atoms with Crippen LogP contribution in [-0.2, 0) is 12.3 Å². The van der Waals surface area contributed by atoms with E-state index in [1.165, 1.54) is 17.3 Å². The van der Waals surface area contributed by atoms with Crippen molar-refractivity contribution in [2.24, 2.45) is 0 Å². The monoisotopic (exact) mass is 478 g/mol. The molecule has 0 aliphatic rings. The van der Waals surface area contributed by atoms with Crippen LogP contribution in [0.4, 0.5) is 0 Å². The van der Waals surface area contributed by atoms with Gasteiger partial charge in [-0.1, -0.05) is 58.4 Å². The van der Waals surface area contributed by atoms with E-state index in [0.29, 0.717) is 28.2 Å². The van der Waals surface area contributed by atoms with Gasteiger partial charge in [-0.15, -0.1) is 5.10 Å². The molecule has 9 heteroatoms. The molecule has 0 bridgehead atoms. The number of nitrogens with zero attached hydrogens (tertiary/aromatic N) is 5. The van der Waals surface area contributed by atoms with Gasteiger partial charge >= 0.3 is 0 Å². The smallest absolute Gasteiger partial charge is 0.274 e. The van der Waals surface area contributed by atoms with Gasteiger partial charge in [-0.2, -0.15) is 0 Å². The van der Waals surface area contributed by atoms with Crippen molar-refractivity contribution in [1.82, 2.24) is 30.3 Å². The van der Waals surface area contributed by atoms with E-state index in [2.05, 4.69) is 25.6 Å². The number of aromatic nitrogens is 5. The van der Waals surface area contributed by atoms with Crippen molar-refractivity contribution in [3.05, 3.63) is 93.5 Å². The molecule has 0 aliphatic heterocycles. The number of nitrogens with one attached hydrogen (secondary N) is 1. The quantitative estimate of drug-likeness (QED) is 0.301. The van der Waals surface area contributed by atoms with Crippen LogP contribution < -0.4 is 5.32 Å². The van der Waals surface area contributed by atoms with Crippen LogP contribution in [-0.4, -0.2) is 30.9 Å². The molecule has 0 aliphatic carbocycles. The summed E-state index contributed by atoms with van der Waals surface area (Å²) < 4.78 is 1.66. The van der Waals surface area contributed by atoms with Crippen LogP contribution in [0.1, 0.15) is 38.7 Å². The largest absolute Gasteiger partial charge is 0.347 e. The molecular weight excluding hydrogens is 456 g/mol. The first-order valence-electron chi connectivity index (χ1n) is 10.4. The Morgan fingerprint density at radius 2 is 1.67 bits per heavy atom. The first-order valence-corrected chi connectivity index (χ1v) is 11.7. The van der Waals surface area contributed by atoms with Crippen LogP contribution in [0.2, 0.25) is 5.02 Å². The molecule has 2 aromatic heterocycles. The second-order valence-electron chi connectivity index (χ2n) is 7.66. The Bertz CT molecular complexity index is 1250. The number of aryl methyl sites for hydroxylation is 3. The molecule has 168 valence electrons. The topological polar surface area (TPSA) is 85.6 Å². The molecule has 7 nitrogen and oxygen atoms in total. The van der Waals surface area contributed by atoms with Gasteiger partial charge in [0.2, 0.25) is 0 Å². The molecule has 1 N–H and O–H groups in total. The number of benzene rings is 2. The van der Waals surface area contributed by atoms with Crippen molar-refractivity contribution in [3.8, 4) is 5.69 Å². The molecule has 0 saturated heterocycles. The third kappa shape index (κ3) is 5.77. The van der Waals surface area contributed by atoms with E-state index >= 15 is 0 Å². The number of thioether (sulfide) groups is 1. The van der Waals surface area contributed by atoms with Gasteiger partial charge in [-0.3, -0.25) is 4.79 Å². The lowest BCUT2D eigenvalue weighted by Crippen LogP contribution is -2.24.